The maximum absolute atomic E-state index is 6.08. The fourth-order valence-electron chi connectivity index (χ4n) is 3.99. The van der Waals surface area contributed by atoms with Gasteiger partial charge in [0.25, 0.3) is 0 Å². The number of aromatic nitrogens is 2. The lowest BCUT2D eigenvalue weighted by Crippen LogP contribution is -2.31. The first-order valence-corrected chi connectivity index (χ1v) is 10.4. The van der Waals surface area contributed by atoms with E-state index in [9.17, 15) is 0 Å². The number of aromatic amines is 1. The lowest BCUT2D eigenvalue weighted by atomic mass is 10.00. The van der Waals surface area contributed by atoms with E-state index in [1.165, 1.54) is 11.3 Å². The molecule has 0 unspecified atom stereocenters. The quantitative estimate of drug-likeness (QED) is 0.598. The topological polar surface area (TPSA) is 59.6 Å². The first-order valence-electron chi connectivity index (χ1n) is 10.4. The number of nitrogens with one attached hydrogen (secondary N) is 1. The molecule has 3 aromatic rings. The van der Waals surface area contributed by atoms with Crippen LogP contribution in [0.2, 0.25) is 0 Å². The highest BCUT2D eigenvalue weighted by Crippen LogP contribution is 2.42. The molecule has 30 heavy (non-hydrogen) atoms. The van der Waals surface area contributed by atoms with Crippen molar-refractivity contribution in [3.05, 3.63) is 59.3 Å². The number of methoxy groups -OCH3 is 2. The van der Waals surface area contributed by atoms with Crippen LogP contribution in [0.4, 0.5) is 0 Å². The van der Waals surface area contributed by atoms with Crippen molar-refractivity contribution in [2.75, 3.05) is 27.3 Å². The van der Waals surface area contributed by atoms with Gasteiger partial charge in [0, 0.05) is 36.3 Å². The van der Waals surface area contributed by atoms with Crippen LogP contribution in [0.15, 0.2) is 42.5 Å². The number of rotatable bonds is 8. The number of ether oxygens (including phenoxy) is 3. The molecule has 6 heteroatoms. The smallest absolute Gasteiger partial charge is 0.203 e. The van der Waals surface area contributed by atoms with Gasteiger partial charge in [0.05, 0.1) is 19.9 Å². The molecule has 1 aromatic heterocycles. The maximum atomic E-state index is 6.08. The van der Waals surface area contributed by atoms with E-state index in [0.717, 1.165) is 49.3 Å². The van der Waals surface area contributed by atoms with Crippen LogP contribution in [0.5, 0.6) is 17.2 Å². The summed E-state index contributed by atoms with van der Waals surface area (Å²) in [5.74, 6) is 1.88. The van der Waals surface area contributed by atoms with Gasteiger partial charge in [-0.3, -0.25) is 10.00 Å². The number of fused-ring (bicyclic) bond motifs is 1. The second kappa shape index (κ2) is 9.22. The SMILES string of the molecule is CCCN1CCc2[nH]nc(-c3cc(OC)c(OCc4ccccc4)c(OC)c3)c2C1. The molecule has 1 aliphatic heterocycles. The molecule has 4 rings (SSSR count). The number of hydrogen-bond donors (Lipinski definition) is 1. The summed E-state index contributed by atoms with van der Waals surface area (Å²) in [7, 11) is 3.30. The summed E-state index contributed by atoms with van der Waals surface area (Å²) in [6.45, 7) is 5.74. The van der Waals surface area contributed by atoms with Gasteiger partial charge in [-0.05, 0) is 30.7 Å². The molecule has 0 atom stereocenters. The van der Waals surface area contributed by atoms with Gasteiger partial charge >= 0.3 is 0 Å². The molecule has 0 fully saturated rings. The van der Waals surface area contributed by atoms with E-state index in [-0.39, 0.29) is 0 Å². The highest BCUT2D eigenvalue weighted by atomic mass is 16.5. The molecular formula is C24H29N3O3. The Morgan fingerprint density at radius 2 is 1.80 bits per heavy atom. The second-order valence-electron chi connectivity index (χ2n) is 7.54. The van der Waals surface area contributed by atoms with E-state index in [4.69, 9.17) is 14.2 Å². The Bertz CT molecular complexity index is 960. The Balaban J connectivity index is 1.65. The van der Waals surface area contributed by atoms with Crippen molar-refractivity contribution in [3.63, 3.8) is 0 Å². The average Bonchev–Trinajstić information content (AvgIpc) is 3.21. The molecule has 0 spiro atoms. The third kappa shape index (κ3) is 4.14. The van der Waals surface area contributed by atoms with Crippen LogP contribution in [0.1, 0.15) is 30.2 Å². The van der Waals surface area contributed by atoms with E-state index >= 15 is 0 Å². The van der Waals surface area contributed by atoms with Crippen LogP contribution in [0, 0.1) is 0 Å². The van der Waals surface area contributed by atoms with Crippen LogP contribution >= 0.6 is 0 Å². The zero-order chi connectivity index (χ0) is 20.9. The van der Waals surface area contributed by atoms with Crippen molar-refractivity contribution < 1.29 is 14.2 Å². The highest BCUT2D eigenvalue weighted by Gasteiger charge is 2.24. The molecule has 0 bridgehead atoms. The van der Waals surface area contributed by atoms with Gasteiger partial charge in [0.15, 0.2) is 11.5 Å². The summed E-state index contributed by atoms with van der Waals surface area (Å²) in [6.07, 6.45) is 2.15. The minimum atomic E-state index is 0.441. The number of benzene rings is 2. The van der Waals surface area contributed by atoms with Gasteiger partial charge in [-0.1, -0.05) is 37.3 Å². The largest absolute Gasteiger partial charge is 0.493 e. The molecular weight excluding hydrogens is 378 g/mol. The minimum absolute atomic E-state index is 0.441. The molecule has 0 aliphatic carbocycles. The van der Waals surface area contributed by atoms with Crippen molar-refractivity contribution in [3.8, 4) is 28.5 Å². The maximum Gasteiger partial charge on any atom is 0.203 e. The first-order chi connectivity index (χ1) is 14.7. The Kier molecular flexibility index (Phi) is 6.23. The average molecular weight is 408 g/mol. The third-order valence-corrected chi connectivity index (χ3v) is 5.51. The zero-order valence-electron chi connectivity index (χ0n) is 17.9. The summed E-state index contributed by atoms with van der Waals surface area (Å²) < 4.78 is 17.4. The molecule has 1 aliphatic rings. The normalized spacial score (nSPS) is 13.7. The molecule has 0 radical (unpaired) electrons. The molecule has 0 saturated carbocycles. The van der Waals surface area contributed by atoms with E-state index in [2.05, 4.69) is 22.0 Å². The van der Waals surface area contributed by atoms with Gasteiger partial charge in [-0.25, -0.2) is 0 Å². The van der Waals surface area contributed by atoms with Crippen molar-refractivity contribution in [1.29, 1.82) is 0 Å². The fraction of sp³-hybridized carbons (Fsp3) is 0.375. The standard InChI is InChI=1S/C24H29N3O3/c1-4-11-27-12-10-20-19(15-27)23(26-25-20)18-13-21(28-2)24(22(14-18)29-3)30-16-17-8-6-5-7-9-17/h5-9,13-14H,4,10-12,15-16H2,1-3H3,(H,25,26). The number of hydrogen-bond acceptors (Lipinski definition) is 5. The lowest BCUT2D eigenvalue weighted by Gasteiger charge is -2.26. The van der Waals surface area contributed by atoms with Crippen LogP contribution in [-0.2, 0) is 19.6 Å². The van der Waals surface area contributed by atoms with Gasteiger partial charge in [0.2, 0.25) is 5.75 Å². The zero-order valence-corrected chi connectivity index (χ0v) is 17.9. The summed E-state index contributed by atoms with van der Waals surface area (Å²) in [5.41, 5.74) is 5.49. The van der Waals surface area contributed by atoms with Crippen molar-refractivity contribution in [1.82, 2.24) is 15.1 Å². The highest BCUT2D eigenvalue weighted by molar-refractivity contribution is 5.71. The summed E-state index contributed by atoms with van der Waals surface area (Å²) in [4.78, 5) is 2.48. The minimum Gasteiger partial charge on any atom is -0.493 e. The molecule has 1 N–H and O–H groups in total. The van der Waals surface area contributed by atoms with E-state index < -0.39 is 0 Å². The predicted molar refractivity (Wildman–Crippen MR) is 117 cm³/mol. The predicted octanol–water partition coefficient (Wildman–Crippen LogP) is 4.44. The van der Waals surface area contributed by atoms with Gasteiger partial charge in [0.1, 0.15) is 6.61 Å². The van der Waals surface area contributed by atoms with Crippen LogP contribution in [0.25, 0.3) is 11.3 Å². The Morgan fingerprint density at radius 1 is 1.07 bits per heavy atom. The van der Waals surface area contributed by atoms with E-state index in [1.807, 2.05) is 42.5 Å². The Hall–Kier alpha value is -2.99. The van der Waals surface area contributed by atoms with Crippen molar-refractivity contribution in [2.24, 2.45) is 0 Å². The fourth-order valence-corrected chi connectivity index (χ4v) is 3.99. The van der Waals surface area contributed by atoms with E-state index in [0.29, 0.717) is 23.9 Å². The number of H-pyrrole nitrogens is 1. The molecule has 2 heterocycles. The Labute approximate surface area is 177 Å². The van der Waals surface area contributed by atoms with Crippen molar-refractivity contribution in [2.45, 2.75) is 32.9 Å². The molecule has 0 saturated heterocycles. The summed E-state index contributed by atoms with van der Waals surface area (Å²) in [5, 5.41) is 7.87. The van der Waals surface area contributed by atoms with Crippen LogP contribution in [-0.4, -0.2) is 42.4 Å². The molecule has 0 amide bonds. The molecule has 158 valence electrons. The van der Waals surface area contributed by atoms with E-state index in [1.54, 1.807) is 14.2 Å². The number of nitrogens with zero attached hydrogens (tertiary/aromatic N) is 2. The molecule has 2 aromatic carbocycles. The summed E-state index contributed by atoms with van der Waals surface area (Å²) >= 11 is 0. The van der Waals surface area contributed by atoms with Crippen LogP contribution < -0.4 is 14.2 Å². The monoisotopic (exact) mass is 407 g/mol. The van der Waals surface area contributed by atoms with Crippen molar-refractivity contribution >= 4 is 0 Å². The second-order valence-corrected chi connectivity index (χ2v) is 7.54. The van der Waals surface area contributed by atoms with Crippen LogP contribution in [0.3, 0.4) is 0 Å². The molecule has 6 nitrogen and oxygen atoms in total. The van der Waals surface area contributed by atoms with Gasteiger partial charge in [-0.15, -0.1) is 0 Å². The van der Waals surface area contributed by atoms with Gasteiger partial charge in [-0.2, -0.15) is 5.10 Å². The lowest BCUT2D eigenvalue weighted by molar-refractivity contribution is 0.254. The van der Waals surface area contributed by atoms with Gasteiger partial charge < -0.3 is 14.2 Å². The summed E-state index contributed by atoms with van der Waals surface area (Å²) in [6, 6.07) is 14.0. The third-order valence-electron chi connectivity index (χ3n) is 5.51. The Morgan fingerprint density at radius 3 is 2.47 bits per heavy atom. The first kappa shape index (κ1) is 20.3.